The number of carbonyl (C=O) groups is 3. The van der Waals surface area contributed by atoms with Gasteiger partial charge in [0.05, 0.1) is 24.3 Å². The van der Waals surface area contributed by atoms with Crippen LogP contribution >= 0.6 is 12.2 Å². The predicted molar refractivity (Wildman–Crippen MR) is 140 cm³/mol. The maximum Gasteiger partial charge on any atom is 0.338 e. The van der Waals surface area contributed by atoms with E-state index in [1.165, 1.54) is 0 Å². The van der Waals surface area contributed by atoms with Gasteiger partial charge in [0.1, 0.15) is 11.5 Å². The molecule has 0 atom stereocenters. The van der Waals surface area contributed by atoms with E-state index in [0.717, 1.165) is 32.1 Å². The molecule has 0 saturated heterocycles. The molecule has 2 amide bonds. The average molecular weight is 516 g/mol. The zero-order valence-electron chi connectivity index (χ0n) is 20.6. The summed E-state index contributed by atoms with van der Waals surface area (Å²) in [5, 5.41) is 2.43. The van der Waals surface area contributed by atoms with Crippen LogP contribution in [0.3, 0.4) is 0 Å². The molecule has 0 bridgehead atoms. The highest BCUT2D eigenvalue weighted by atomic mass is 32.1. The van der Waals surface area contributed by atoms with Crippen LogP contribution in [-0.2, 0) is 9.53 Å². The van der Waals surface area contributed by atoms with Crippen molar-refractivity contribution in [3.05, 3.63) is 59.7 Å². The molecule has 10 heteroatoms. The Morgan fingerprint density at radius 1 is 0.833 bits per heavy atom. The lowest BCUT2D eigenvalue weighted by Gasteiger charge is -2.14. The zero-order chi connectivity index (χ0) is 26.2. The fourth-order valence-corrected chi connectivity index (χ4v) is 3.11. The average Bonchev–Trinajstić information content (AvgIpc) is 2.89. The molecular weight excluding hydrogens is 482 g/mol. The van der Waals surface area contributed by atoms with Gasteiger partial charge < -0.3 is 14.2 Å². The van der Waals surface area contributed by atoms with E-state index in [9.17, 15) is 14.4 Å². The second-order valence-electron chi connectivity index (χ2n) is 7.81. The molecule has 0 heterocycles. The van der Waals surface area contributed by atoms with Crippen LogP contribution in [0.15, 0.2) is 48.5 Å². The molecule has 0 aliphatic carbocycles. The smallest absolute Gasteiger partial charge is 0.338 e. The van der Waals surface area contributed by atoms with Gasteiger partial charge in [0.25, 0.3) is 11.8 Å². The number of rotatable bonds is 13. The first-order valence-corrected chi connectivity index (χ1v) is 12.4. The third kappa shape index (κ3) is 10.3. The van der Waals surface area contributed by atoms with E-state index in [4.69, 9.17) is 26.4 Å². The van der Waals surface area contributed by atoms with Gasteiger partial charge in [-0.25, -0.2) is 4.79 Å². The predicted octanol–water partition coefficient (Wildman–Crippen LogP) is 3.93. The molecule has 194 valence electrons. The van der Waals surface area contributed by atoms with Crippen LogP contribution in [0.2, 0.25) is 0 Å². The van der Waals surface area contributed by atoms with Gasteiger partial charge in [-0.2, -0.15) is 0 Å². The second kappa shape index (κ2) is 16.1. The van der Waals surface area contributed by atoms with Crippen LogP contribution in [0.1, 0.15) is 66.7 Å². The summed E-state index contributed by atoms with van der Waals surface area (Å²) in [6, 6.07) is 13.1. The molecule has 36 heavy (non-hydrogen) atoms. The van der Waals surface area contributed by atoms with Crippen LogP contribution in [0, 0.1) is 0 Å². The van der Waals surface area contributed by atoms with Gasteiger partial charge in [0.15, 0.2) is 11.7 Å². The summed E-state index contributed by atoms with van der Waals surface area (Å²) >= 11 is 5.09. The van der Waals surface area contributed by atoms with Crippen molar-refractivity contribution in [3.8, 4) is 11.5 Å². The molecule has 9 nitrogen and oxygen atoms in total. The number of esters is 1. The van der Waals surface area contributed by atoms with Crippen LogP contribution < -0.4 is 25.6 Å². The molecule has 0 spiro atoms. The number of hydrogen-bond donors (Lipinski definition) is 3. The van der Waals surface area contributed by atoms with E-state index in [0.29, 0.717) is 35.8 Å². The Labute approximate surface area is 216 Å². The number of thiocarbonyl (C=S) groups is 1. The first kappa shape index (κ1) is 28.6. The zero-order valence-corrected chi connectivity index (χ0v) is 21.4. The summed E-state index contributed by atoms with van der Waals surface area (Å²) in [4.78, 5) is 36.5. The van der Waals surface area contributed by atoms with E-state index in [1.807, 2.05) is 6.92 Å². The molecule has 2 aromatic carbocycles. The van der Waals surface area contributed by atoms with E-state index < -0.39 is 17.8 Å². The number of amides is 2. The summed E-state index contributed by atoms with van der Waals surface area (Å²) in [6.07, 6.45) is 5.00. The maximum absolute atomic E-state index is 12.6. The van der Waals surface area contributed by atoms with Crippen molar-refractivity contribution in [1.29, 1.82) is 0 Å². The topological polar surface area (TPSA) is 115 Å². The minimum atomic E-state index is -0.520. The molecule has 0 radical (unpaired) electrons. The lowest BCUT2D eigenvalue weighted by atomic mass is 10.2. The van der Waals surface area contributed by atoms with Gasteiger partial charge in [-0.05, 0) is 61.5 Å². The van der Waals surface area contributed by atoms with Gasteiger partial charge in [0.2, 0.25) is 0 Å². The van der Waals surface area contributed by atoms with Crippen molar-refractivity contribution in [3.63, 3.8) is 0 Å². The van der Waals surface area contributed by atoms with Crippen molar-refractivity contribution >= 4 is 35.1 Å². The van der Waals surface area contributed by atoms with E-state index >= 15 is 0 Å². The molecule has 0 fully saturated rings. The van der Waals surface area contributed by atoms with Crippen molar-refractivity contribution < 1.29 is 28.6 Å². The number of unbranched alkanes of at least 4 members (excludes halogenated alkanes) is 3. The van der Waals surface area contributed by atoms with Gasteiger partial charge in [-0.1, -0.05) is 45.2 Å². The number of benzene rings is 2. The minimum absolute atomic E-state index is 0.0824. The number of para-hydroxylation sites is 1. The molecule has 0 aliphatic rings. The Balaban J connectivity index is 1.74. The van der Waals surface area contributed by atoms with E-state index in [1.54, 1.807) is 48.5 Å². The number of carbonyl (C=O) groups excluding carboxylic acids is 3. The van der Waals surface area contributed by atoms with Gasteiger partial charge in [0, 0.05) is 0 Å². The fourth-order valence-electron chi connectivity index (χ4n) is 2.97. The van der Waals surface area contributed by atoms with Crippen LogP contribution in [0.5, 0.6) is 11.5 Å². The summed E-state index contributed by atoms with van der Waals surface area (Å²) in [5.74, 6) is -0.522. The lowest BCUT2D eigenvalue weighted by molar-refractivity contribution is -0.123. The third-order valence-corrected chi connectivity index (χ3v) is 5.03. The van der Waals surface area contributed by atoms with Gasteiger partial charge >= 0.3 is 5.97 Å². The number of nitrogens with one attached hydrogen (secondary N) is 3. The molecule has 0 aromatic heterocycles. The van der Waals surface area contributed by atoms with Crippen LogP contribution in [0.25, 0.3) is 0 Å². The standard InChI is InChI=1S/C26H33N3O6S/c1-3-5-6-9-17-33-22-11-8-7-10-21(22)24(31)27-26(36)29-28-23(30)18-35-20-14-12-19(13-15-20)25(32)34-16-4-2/h7-8,10-15H,3-6,9,16-18H2,1-2H3,(H,28,30)(H2,27,29,31,36). The van der Waals surface area contributed by atoms with E-state index in [2.05, 4.69) is 23.1 Å². The first-order chi connectivity index (χ1) is 17.4. The summed E-state index contributed by atoms with van der Waals surface area (Å²) in [6.45, 7) is 4.62. The maximum atomic E-state index is 12.6. The van der Waals surface area contributed by atoms with Crippen molar-refractivity contribution in [2.75, 3.05) is 19.8 Å². The largest absolute Gasteiger partial charge is 0.493 e. The molecular formula is C26H33N3O6S. The molecule has 0 saturated carbocycles. The van der Waals surface area contributed by atoms with Crippen molar-refractivity contribution in [2.24, 2.45) is 0 Å². The van der Waals surface area contributed by atoms with Crippen molar-refractivity contribution in [1.82, 2.24) is 16.2 Å². The number of ether oxygens (including phenoxy) is 3. The third-order valence-electron chi connectivity index (χ3n) is 4.83. The Kier molecular flexibility index (Phi) is 12.8. The summed E-state index contributed by atoms with van der Waals surface area (Å²) in [7, 11) is 0. The Bertz CT molecular complexity index is 1010. The minimum Gasteiger partial charge on any atom is -0.493 e. The van der Waals surface area contributed by atoms with Crippen LogP contribution in [0.4, 0.5) is 0 Å². The first-order valence-electron chi connectivity index (χ1n) is 12.0. The highest BCUT2D eigenvalue weighted by Crippen LogP contribution is 2.18. The summed E-state index contributed by atoms with van der Waals surface area (Å²) < 4.78 is 16.2. The van der Waals surface area contributed by atoms with Gasteiger partial charge in [-0.3, -0.25) is 25.8 Å². The highest BCUT2D eigenvalue weighted by Gasteiger charge is 2.14. The number of hydrogen-bond acceptors (Lipinski definition) is 7. The number of hydrazine groups is 1. The SMILES string of the molecule is CCCCCCOc1ccccc1C(=O)NC(=S)NNC(=O)COc1ccc(C(=O)OCCC)cc1. The second-order valence-corrected chi connectivity index (χ2v) is 8.22. The monoisotopic (exact) mass is 515 g/mol. The quantitative estimate of drug-likeness (QED) is 0.159. The van der Waals surface area contributed by atoms with Crippen LogP contribution in [-0.4, -0.2) is 42.7 Å². The van der Waals surface area contributed by atoms with E-state index in [-0.39, 0.29) is 11.7 Å². The lowest BCUT2D eigenvalue weighted by Crippen LogP contribution is -2.49. The molecule has 3 N–H and O–H groups in total. The van der Waals surface area contributed by atoms with Crippen molar-refractivity contribution in [2.45, 2.75) is 46.0 Å². The van der Waals surface area contributed by atoms with Gasteiger partial charge in [-0.15, -0.1) is 0 Å². The Hall–Kier alpha value is -3.66. The highest BCUT2D eigenvalue weighted by molar-refractivity contribution is 7.80. The Morgan fingerprint density at radius 2 is 1.58 bits per heavy atom. The molecule has 0 unspecified atom stereocenters. The fraction of sp³-hybridized carbons (Fsp3) is 0.385. The molecule has 2 rings (SSSR count). The summed E-state index contributed by atoms with van der Waals surface area (Å²) in [5.41, 5.74) is 5.56. The normalized spacial score (nSPS) is 10.2. The Morgan fingerprint density at radius 3 is 2.31 bits per heavy atom. The molecule has 0 aliphatic heterocycles. The molecule has 2 aromatic rings.